The zero-order valence-corrected chi connectivity index (χ0v) is 9.51. The molecule has 1 aliphatic rings. The summed E-state index contributed by atoms with van der Waals surface area (Å²) in [5, 5.41) is 10.0. The van der Waals surface area contributed by atoms with Gasteiger partial charge in [-0.05, 0) is 31.9 Å². The van der Waals surface area contributed by atoms with Crippen LogP contribution in [-0.2, 0) is 4.79 Å². The van der Waals surface area contributed by atoms with Gasteiger partial charge in [-0.25, -0.2) is 0 Å². The number of carbonyl (C=O) groups is 1. The summed E-state index contributed by atoms with van der Waals surface area (Å²) in [7, 11) is 1.81. The number of carboxylic acids is 1. The third-order valence-corrected chi connectivity index (χ3v) is 3.79. The van der Waals surface area contributed by atoms with Crippen molar-refractivity contribution < 1.29 is 9.90 Å². The molecular weight excluding hydrogens is 198 g/mol. The molecule has 0 heterocycles. The molecule has 1 fully saturated rings. The lowest BCUT2D eigenvalue weighted by molar-refractivity contribution is -0.142. The van der Waals surface area contributed by atoms with Gasteiger partial charge in [0.25, 0.3) is 0 Å². The molecule has 1 saturated carbocycles. The quantitative estimate of drug-likeness (QED) is 0.568. The molecule has 80 valence electrons. The average Bonchev–Trinajstić information content (AvgIpc) is 2.20. The van der Waals surface area contributed by atoms with Crippen LogP contribution in [0.5, 0.6) is 0 Å². The monoisotopic (exact) mass is 215 g/mol. The van der Waals surface area contributed by atoms with Gasteiger partial charge in [0.2, 0.25) is 0 Å². The number of hydrogen-bond acceptors (Lipinski definition) is 3. The number of nitrogens with zero attached hydrogens (tertiary/aromatic N) is 1. The largest absolute Gasteiger partial charge is 0.481 e. The fourth-order valence-electron chi connectivity index (χ4n) is 2.03. The van der Waals surface area contributed by atoms with Gasteiger partial charge in [-0.2, -0.15) is 0 Å². The number of aliphatic imine (C=N–C) groups is 1. The maximum Gasteiger partial charge on any atom is 0.306 e. The van der Waals surface area contributed by atoms with E-state index in [1.807, 2.05) is 13.3 Å². The minimum Gasteiger partial charge on any atom is -0.481 e. The van der Waals surface area contributed by atoms with Gasteiger partial charge in [0.1, 0.15) is 0 Å². The van der Waals surface area contributed by atoms with Crippen molar-refractivity contribution in [1.82, 2.24) is 0 Å². The van der Waals surface area contributed by atoms with E-state index in [9.17, 15) is 4.79 Å². The maximum absolute atomic E-state index is 10.7. The van der Waals surface area contributed by atoms with Gasteiger partial charge in [-0.15, -0.1) is 11.8 Å². The Balaban J connectivity index is 2.46. The molecule has 0 atom stereocenters. The van der Waals surface area contributed by atoms with Crippen LogP contribution >= 0.6 is 11.8 Å². The van der Waals surface area contributed by atoms with Crippen molar-refractivity contribution in [2.75, 3.05) is 13.3 Å². The Morgan fingerprint density at radius 1 is 1.29 bits per heavy atom. The number of aliphatic carboxylic acids is 1. The second-order valence-corrected chi connectivity index (χ2v) is 4.48. The van der Waals surface area contributed by atoms with Gasteiger partial charge in [-0.1, -0.05) is 0 Å². The molecule has 3 nitrogen and oxygen atoms in total. The van der Waals surface area contributed by atoms with Crippen LogP contribution < -0.4 is 0 Å². The van der Waals surface area contributed by atoms with E-state index < -0.39 is 5.97 Å². The first-order valence-electron chi connectivity index (χ1n) is 4.92. The second-order valence-electron chi connectivity index (χ2n) is 3.65. The zero-order chi connectivity index (χ0) is 10.6. The molecule has 0 radical (unpaired) electrons. The van der Waals surface area contributed by atoms with E-state index in [-0.39, 0.29) is 5.92 Å². The summed E-state index contributed by atoms with van der Waals surface area (Å²) >= 11 is 1.69. The molecule has 1 rings (SSSR count). The Hall–Kier alpha value is -0.510. The van der Waals surface area contributed by atoms with Crippen LogP contribution in [0.25, 0.3) is 0 Å². The van der Waals surface area contributed by atoms with Gasteiger partial charge < -0.3 is 5.11 Å². The molecule has 0 aromatic heterocycles. The molecule has 0 spiro atoms. The zero-order valence-electron chi connectivity index (χ0n) is 8.69. The van der Waals surface area contributed by atoms with E-state index in [4.69, 9.17) is 5.11 Å². The summed E-state index contributed by atoms with van der Waals surface area (Å²) < 4.78 is 0. The normalized spacial score (nSPS) is 28.9. The lowest BCUT2D eigenvalue weighted by Crippen LogP contribution is -2.24. The molecule has 14 heavy (non-hydrogen) atoms. The summed E-state index contributed by atoms with van der Waals surface area (Å²) in [4.78, 5) is 15.0. The van der Waals surface area contributed by atoms with Gasteiger partial charge in [0, 0.05) is 13.0 Å². The van der Waals surface area contributed by atoms with Crippen molar-refractivity contribution in [3.8, 4) is 0 Å². The molecule has 0 aromatic carbocycles. The maximum atomic E-state index is 10.7. The van der Waals surface area contributed by atoms with Crippen molar-refractivity contribution in [3.05, 3.63) is 0 Å². The van der Waals surface area contributed by atoms with E-state index in [0.29, 0.717) is 5.92 Å². The standard InChI is InChI=1S/C10H17NO2S/c1-11-9(14-2)7-3-5-8(6-4-7)10(12)13/h7-8H,3-6H2,1-2H3,(H,12,13)/b11-9-/t7-,8-. The molecule has 0 bridgehead atoms. The van der Waals surface area contributed by atoms with E-state index in [0.717, 1.165) is 25.7 Å². The second kappa shape index (κ2) is 5.39. The fraction of sp³-hybridized carbons (Fsp3) is 0.800. The Morgan fingerprint density at radius 3 is 2.14 bits per heavy atom. The Labute approximate surface area is 89.0 Å². The summed E-state index contributed by atoms with van der Waals surface area (Å²) in [5.74, 6) is -0.251. The van der Waals surface area contributed by atoms with E-state index in [1.165, 1.54) is 5.04 Å². The third-order valence-electron chi connectivity index (χ3n) is 2.86. The first-order chi connectivity index (χ1) is 6.69. The highest BCUT2D eigenvalue weighted by Gasteiger charge is 2.27. The Kier molecular flexibility index (Phi) is 4.45. The minimum absolute atomic E-state index is 0.119. The Bertz CT molecular complexity index is 232. The van der Waals surface area contributed by atoms with E-state index in [1.54, 1.807) is 11.8 Å². The molecule has 1 aliphatic carbocycles. The van der Waals surface area contributed by atoms with Gasteiger partial charge in [0.15, 0.2) is 0 Å². The van der Waals surface area contributed by atoms with Crippen molar-refractivity contribution in [3.63, 3.8) is 0 Å². The number of thioether (sulfide) groups is 1. The molecule has 0 saturated heterocycles. The van der Waals surface area contributed by atoms with E-state index >= 15 is 0 Å². The molecule has 0 aromatic rings. The minimum atomic E-state index is -0.636. The van der Waals surface area contributed by atoms with Crippen molar-refractivity contribution in [1.29, 1.82) is 0 Å². The predicted molar refractivity (Wildman–Crippen MR) is 60.0 cm³/mol. The predicted octanol–water partition coefficient (Wildman–Crippen LogP) is 2.27. The highest BCUT2D eigenvalue weighted by Crippen LogP contribution is 2.32. The van der Waals surface area contributed by atoms with Crippen LogP contribution in [0.1, 0.15) is 25.7 Å². The summed E-state index contributed by atoms with van der Waals surface area (Å²) in [6.07, 6.45) is 5.60. The van der Waals surface area contributed by atoms with Crippen LogP contribution in [0, 0.1) is 11.8 Å². The number of rotatable bonds is 2. The van der Waals surface area contributed by atoms with Crippen LogP contribution in [0.15, 0.2) is 4.99 Å². The Morgan fingerprint density at radius 2 is 1.79 bits per heavy atom. The molecule has 0 amide bonds. The van der Waals surface area contributed by atoms with Crippen molar-refractivity contribution in [2.45, 2.75) is 25.7 Å². The highest BCUT2D eigenvalue weighted by atomic mass is 32.2. The number of hydrogen-bond donors (Lipinski definition) is 1. The van der Waals surface area contributed by atoms with Crippen molar-refractivity contribution in [2.24, 2.45) is 16.8 Å². The summed E-state index contributed by atoms with van der Waals surface area (Å²) in [6, 6.07) is 0. The van der Waals surface area contributed by atoms with Gasteiger partial charge >= 0.3 is 5.97 Å². The first-order valence-corrected chi connectivity index (χ1v) is 6.15. The molecule has 0 aliphatic heterocycles. The van der Waals surface area contributed by atoms with Crippen LogP contribution in [0.4, 0.5) is 0 Å². The molecule has 1 N–H and O–H groups in total. The lowest BCUT2D eigenvalue weighted by atomic mass is 9.82. The van der Waals surface area contributed by atoms with Crippen LogP contribution in [-0.4, -0.2) is 29.4 Å². The SMILES string of the molecule is C/N=C(\SC)[C@H]1CC[C@H](C(=O)O)CC1. The molecular formula is C10H17NO2S. The average molecular weight is 215 g/mol. The fourth-order valence-corrected chi connectivity index (χ4v) is 2.78. The van der Waals surface area contributed by atoms with Crippen LogP contribution in [0.3, 0.4) is 0 Å². The third kappa shape index (κ3) is 2.74. The highest BCUT2D eigenvalue weighted by molar-refractivity contribution is 8.13. The van der Waals surface area contributed by atoms with Crippen molar-refractivity contribution >= 4 is 22.8 Å². The topological polar surface area (TPSA) is 49.7 Å². The number of carboxylic acid groups (broad SMARTS) is 1. The van der Waals surface area contributed by atoms with Gasteiger partial charge in [-0.3, -0.25) is 9.79 Å². The van der Waals surface area contributed by atoms with Gasteiger partial charge in [0.05, 0.1) is 11.0 Å². The summed E-state index contributed by atoms with van der Waals surface area (Å²) in [6.45, 7) is 0. The summed E-state index contributed by atoms with van der Waals surface area (Å²) in [5.41, 5.74) is 0. The first kappa shape index (κ1) is 11.6. The molecule has 4 heteroatoms. The van der Waals surface area contributed by atoms with Crippen LogP contribution in [0.2, 0.25) is 0 Å². The molecule has 0 unspecified atom stereocenters. The smallest absolute Gasteiger partial charge is 0.306 e. The van der Waals surface area contributed by atoms with E-state index in [2.05, 4.69) is 4.99 Å². The lowest BCUT2D eigenvalue weighted by Gasteiger charge is -2.26.